The van der Waals surface area contributed by atoms with Crippen LogP contribution in [-0.4, -0.2) is 36.5 Å². The second-order valence-corrected chi connectivity index (χ2v) is 4.00. The molecule has 0 aromatic heterocycles. The van der Waals surface area contributed by atoms with Crippen LogP contribution in [0.15, 0.2) is 24.3 Å². The molecule has 0 aliphatic carbocycles. The van der Waals surface area contributed by atoms with Crippen LogP contribution in [0.3, 0.4) is 0 Å². The molecule has 0 spiro atoms. The SMILES string of the molecule is Cc1cccc(NCC(=O)N2CCNC2=O)c1. The third-order valence-corrected chi connectivity index (χ3v) is 2.62. The molecule has 2 rings (SSSR count). The number of hydrogen-bond acceptors (Lipinski definition) is 3. The molecule has 1 aliphatic rings. The number of rotatable bonds is 3. The van der Waals surface area contributed by atoms with Crippen molar-refractivity contribution in [3.63, 3.8) is 0 Å². The minimum atomic E-state index is -0.305. The number of carbonyl (C=O) groups is 2. The predicted molar refractivity (Wildman–Crippen MR) is 64.8 cm³/mol. The molecule has 5 nitrogen and oxygen atoms in total. The molecule has 0 saturated carbocycles. The van der Waals surface area contributed by atoms with E-state index in [-0.39, 0.29) is 18.5 Å². The Kier molecular flexibility index (Phi) is 3.27. The summed E-state index contributed by atoms with van der Waals surface area (Å²) in [5, 5.41) is 5.61. The first-order valence-corrected chi connectivity index (χ1v) is 5.55. The van der Waals surface area contributed by atoms with E-state index in [9.17, 15) is 9.59 Å². The molecular formula is C12H15N3O2. The largest absolute Gasteiger partial charge is 0.376 e. The Balaban J connectivity index is 1.90. The quantitative estimate of drug-likeness (QED) is 0.817. The van der Waals surface area contributed by atoms with E-state index in [1.807, 2.05) is 31.2 Å². The molecule has 5 heteroatoms. The highest BCUT2D eigenvalue weighted by Gasteiger charge is 2.25. The highest BCUT2D eigenvalue weighted by atomic mass is 16.2. The van der Waals surface area contributed by atoms with Crippen LogP contribution in [0.2, 0.25) is 0 Å². The molecule has 2 N–H and O–H groups in total. The van der Waals surface area contributed by atoms with E-state index in [2.05, 4.69) is 10.6 Å². The maximum Gasteiger partial charge on any atom is 0.324 e. The van der Waals surface area contributed by atoms with Gasteiger partial charge in [0.15, 0.2) is 0 Å². The topological polar surface area (TPSA) is 61.4 Å². The second kappa shape index (κ2) is 4.86. The summed E-state index contributed by atoms with van der Waals surface area (Å²) in [5.41, 5.74) is 2.01. The monoisotopic (exact) mass is 233 g/mol. The number of amides is 3. The third-order valence-electron chi connectivity index (χ3n) is 2.62. The Morgan fingerprint density at radius 3 is 3.00 bits per heavy atom. The molecule has 17 heavy (non-hydrogen) atoms. The van der Waals surface area contributed by atoms with Crippen LogP contribution in [-0.2, 0) is 4.79 Å². The van der Waals surface area contributed by atoms with E-state index in [1.165, 1.54) is 4.90 Å². The maximum absolute atomic E-state index is 11.7. The van der Waals surface area contributed by atoms with Crippen molar-refractivity contribution in [1.29, 1.82) is 0 Å². The molecule has 0 radical (unpaired) electrons. The number of carbonyl (C=O) groups excluding carboxylic acids is 2. The Bertz CT molecular complexity index is 445. The van der Waals surface area contributed by atoms with Gasteiger partial charge in [0.25, 0.3) is 0 Å². The van der Waals surface area contributed by atoms with Gasteiger partial charge in [0.2, 0.25) is 5.91 Å². The fraction of sp³-hybridized carbons (Fsp3) is 0.333. The first-order chi connectivity index (χ1) is 8.16. The van der Waals surface area contributed by atoms with E-state index in [0.29, 0.717) is 13.1 Å². The standard InChI is InChI=1S/C12H15N3O2/c1-9-3-2-4-10(7-9)14-8-11(16)15-6-5-13-12(15)17/h2-4,7,14H,5-6,8H2,1H3,(H,13,17). The second-order valence-electron chi connectivity index (χ2n) is 4.00. The molecule has 1 aromatic carbocycles. The molecule has 1 heterocycles. The third kappa shape index (κ3) is 2.75. The van der Waals surface area contributed by atoms with Crippen LogP contribution < -0.4 is 10.6 Å². The Hall–Kier alpha value is -2.04. The number of urea groups is 1. The van der Waals surface area contributed by atoms with Crippen molar-refractivity contribution in [2.24, 2.45) is 0 Å². The van der Waals surface area contributed by atoms with Gasteiger partial charge in [0, 0.05) is 18.8 Å². The van der Waals surface area contributed by atoms with Crippen LogP contribution in [0.4, 0.5) is 10.5 Å². The lowest BCUT2D eigenvalue weighted by molar-refractivity contribution is -0.125. The summed E-state index contributed by atoms with van der Waals surface area (Å²) in [6, 6.07) is 7.45. The van der Waals surface area contributed by atoms with E-state index < -0.39 is 0 Å². The zero-order valence-electron chi connectivity index (χ0n) is 9.69. The molecule has 90 valence electrons. The van der Waals surface area contributed by atoms with Crippen LogP contribution in [0.25, 0.3) is 0 Å². The summed E-state index contributed by atoms with van der Waals surface area (Å²) in [5.74, 6) is -0.207. The lowest BCUT2D eigenvalue weighted by Gasteiger charge is -2.13. The molecule has 0 bridgehead atoms. The number of benzene rings is 1. The summed E-state index contributed by atoms with van der Waals surface area (Å²) >= 11 is 0. The van der Waals surface area contributed by atoms with Gasteiger partial charge in [-0.25, -0.2) is 4.79 Å². The Labute approximate surface area is 99.8 Å². The lowest BCUT2D eigenvalue weighted by atomic mass is 10.2. The van der Waals surface area contributed by atoms with Crippen LogP contribution in [0, 0.1) is 6.92 Å². The number of imide groups is 1. The number of nitrogens with one attached hydrogen (secondary N) is 2. The van der Waals surface area contributed by atoms with Crippen molar-refractivity contribution in [2.75, 3.05) is 25.0 Å². The van der Waals surface area contributed by atoms with Gasteiger partial charge in [-0.3, -0.25) is 9.69 Å². The van der Waals surface area contributed by atoms with Gasteiger partial charge in [-0.15, -0.1) is 0 Å². The van der Waals surface area contributed by atoms with Crippen molar-refractivity contribution in [3.05, 3.63) is 29.8 Å². The minimum absolute atomic E-state index is 0.136. The van der Waals surface area contributed by atoms with Gasteiger partial charge in [-0.2, -0.15) is 0 Å². The summed E-state index contributed by atoms with van der Waals surface area (Å²) in [6.07, 6.45) is 0. The molecule has 3 amide bonds. The van der Waals surface area contributed by atoms with Gasteiger partial charge in [0.05, 0.1) is 6.54 Å². The van der Waals surface area contributed by atoms with E-state index in [4.69, 9.17) is 0 Å². The first-order valence-electron chi connectivity index (χ1n) is 5.55. The van der Waals surface area contributed by atoms with Crippen LogP contribution >= 0.6 is 0 Å². The van der Waals surface area contributed by atoms with Crippen molar-refractivity contribution >= 4 is 17.6 Å². The van der Waals surface area contributed by atoms with Gasteiger partial charge in [0.1, 0.15) is 0 Å². The normalized spacial score (nSPS) is 14.6. The summed E-state index contributed by atoms with van der Waals surface area (Å²) in [7, 11) is 0. The zero-order chi connectivity index (χ0) is 12.3. The summed E-state index contributed by atoms with van der Waals surface area (Å²) in [4.78, 5) is 24.2. The highest BCUT2D eigenvalue weighted by molar-refractivity contribution is 5.97. The maximum atomic E-state index is 11.7. The average Bonchev–Trinajstić information content (AvgIpc) is 2.72. The summed E-state index contributed by atoms with van der Waals surface area (Å²) < 4.78 is 0. The smallest absolute Gasteiger partial charge is 0.324 e. The molecule has 1 aliphatic heterocycles. The average molecular weight is 233 g/mol. The van der Waals surface area contributed by atoms with Gasteiger partial charge >= 0.3 is 6.03 Å². The van der Waals surface area contributed by atoms with Crippen molar-refractivity contribution in [1.82, 2.24) is 10.2 Å². The number of aryl methyl sites for hydroxylation is 1. The van der Waals surface area contributed by atoms with Gasteiger partial charge in [-0.1, -0.05) is 12.1 Å². The molecule has 1 saturated heterocycles. The lowest BCUT2D eigenvalue weighted by Crippen LogP contribution is -2.37. The predicted octanol–water partition coefficient (Wildman–Crippen LogP) is 0.959. The van der Waals surface area contributed by atoms with E-state index in [1.54, 1.807) is 0 Å². The molecule has 1 fully saturated rings. The van der Waals surface area contributed by atoms with Crippen LogP contribution in [0.1, 0.15) is 5.56 Å². The molecular weight excluding hydrogens is 218 g/mol. The highest BCUT2D eigenvalue weighted by Crippen LogP contribution is 2.09. The van der Waals surface area contributed by atoms with E-state index in [0.717, 1.165) is 11.3 Å². The fourth-order valence-electron chi connectivity index (χ4n) is 1.74. The Morgan fingerprint density at radius 1 is 1.53 bits per heavy atom. The molecule has 0 atom stereocenters. The van der Waals surface area contributed by atoms with E-state index >= 15 is 0 Å². The van der Waals surface area contributed by atoms with Crippen LogP contribution in [0.5, 0.6) is 0 Å². The minimum Gasteiger partial charge on any atom is -0.376 e. The molecule has 1 aromatic rings. The van der Waals surface area contributed by atoms with Crippen molar-refractivity contribution in [2.45, 2.75) is 6.92 Å². The fourth-order valence-corrected chi connectivity index (χ4v) is 1.74. The van der Waals surface area contributed by atoms with Gasteiger partial charge in [-0.05, 0) is 24.6 Å². The summed E-state index contributed by atoms with van der Waals surface area (Å²) in [6.45, 7) is 3.11. The zero-order valence-corrected chi connectivity index (χ0v) is 9.69. The van der Waals surface area contributed by atoms with Crippen molar-refractivity contribution < 1.29 is 9.59 Å². The molecule has 0 unspecified atom stereocenters. The number of nitrogens with zero attached hydrogens (tertiary/aromatic N) is 1. The van der Waals surface area contributed by atoms with Crippen molar-refractivity contribution in [3.8, 4) is 0 Å². The van der Waals surface area contributed by atoms with Gasteiger partial charge < -0.3 is 10.6 Å². The first kappa shape index (κ1) is 11.4. The number of anilines is 1. The Morgan fingerprint density at radius 2 is 2.35 bits per heavy atom. The number of hydrogen-bond donors (Lipinski definition) is 2.